The number of anilines is 2. The molecule has 1 atom stereocenters. The van der Waals surface area contributed by atoms with Gasteiger partial charge in [0, 0.05) is 23.9 Å². The van der Waals surface area contributed by atoms with E-state index in [2.05, 4.69) is 10.6 Å². The third kappa shape index (κ3) is 2.67. The van der Waals surface area contributed by atoms with E-state index in [0.29, 0.717) is 30.4 Å². The van der Waals surface area contributed by atoms with Gasteiger partial charge in [-0.3, -0.25) is 9.59 Å². The van der Waals surface area contributed by atoms with E-state index in [0.717, 1.165) is 11.3 Å². The maximum atomic E-state index is 12.3. The number of hydrogen-bond acceptors (Lipinski definition) is 4. The molecule has 2 aromatic rings. The highest BCUT2D eigenvalue weighted by atomic mass is 16.6. The number of nitrogens with one attached hydrogen (secondary N) is 2. The van der Waals surface area contributed by atoms with Crippen LogP contribution in [0.15, 0.2) is 42.5 Å². The van der Waals surface area contributed by atoms with E-state index in [1.54, 1.807) is 18.2 Å². The monoisotopic (exact) mass is 324 g/mol. The molecule has 0 spiro atoms. The van der Waals surface area contributed by atoms with Gasteiger partial charge in [0.2, 0.25) is 11.8 Å². The van der Waals surface area contributed by atoms with E-state index in [9.17, 15) is 9.59 Å². The van der Waals surface area contributed by atoms with Gasteiger partial charge >= 0.3 is 0 Å². The molecular weight excluding hydrogens is 308 g/mol. The number of para-hydroxylation sites is 1. The van der Waals surface area contributed by atoms with Crippen LogP contribution in [0.2, 0.25) is 0 Å². The number of carbonyl (C=O) groups excluding carboxylic acids is 2. The molecule has 2 aliphatic rings. The molecule has 0 aromatic heterocycles. The fourth-order valence-electron chi connectivity index (χ4n) is 3.00. The Labute approximate surface area is 138 Å². The summed E-state index contributed by atoms with van der Waals surface area (Å²) in [5.41, 5.74) is 2.26. The standard InChI is InChI=1S/C18H16N2O4/c21-17(10-13-12-3-1-2-4-14(12)20-18(13)22)19-11-5-6-15-16(9-11)24-8-7-23-15/h1-6,9,13H,7-8,10H2,(H,19,21)(H,20,22). The molecule has 2 N–H and O–H groups in total. The van der Waals surface area contributed by atoms with Crippen molar-refractivity contribution >= 4 is 23.2 Å². The molecule has 0 aliphatic carbocycles. The van der Waals surface area contributed by atoms with Crippen molar-refractivity contribution in [2.75, 3.05) is 23.8 Å². The Morgan fingerprint density at radius 1 is 1.12 bits per heavy atom. The maximum absolute atomic E-state index is 12.3. The van der Waals surface area contributed by atoms with Crippen LogP contribution >= 0.6 is 0 Å². The Morgan fingerprint density at radius 3 is 2.79 bits per heavy atom. The SMILES string of the molecule is O=C(CC1C(=O)Nc2ccccc21)Nc1ccc2c(c1)OCCO2. The van der Waals surface area contributed by atoms with Gasteiger partial charge in [0.05, 0.1) is 5.92 Å². The van der Waals surface area contributed by atoms with Gasteiger partial charge in [0.1, 0.15) is 13.2 Å². The first-order valence-electron chi connectivity index (χ1n) is 7.80. The summed E-state index contributed by atoms with van der Waals surface area (Å²) in [6, 6.07) is 12.7. The zero-order valence-corrected chi connectivity index (χ0v) is 12.9. The van der Waals surface area contributed by atoms with Crippen LogP contribution in [0.3, 0.4) is 0 Å². The number of benzene rings is 2. The highest BCUT2D eigenvalue weighted by molar-refractivity contribution is 6.06. The van der Waals surface area contributed by atoms with E-state index in [1.807, 2.05) is 24.3 Å². The van der Waals surface area contributed by atoms with Crippen molar-refractivity contribution in [1.82, 2.24) is 0 Å². The fraction of sp³-hybridized carbons (Fsp3) is 0.222. The molecule has 4 rings (SSSR count). The molecule has 2 aromatic carbocycles. The molecule has 2 heterocycles. The van der Waals surface area contributed by atoms with Crippen molar-refractivity contribution in [3.05, 3.63) is 48.0 Å². The molecule has 0 bridgehead atoms. The van der Waals surface area contributed by atoms with Crippen molar-refractivity contribution in [2.24, 2.45) is 0 Å². The average molecular weight is 324 g/mol. The summed E-state index contributed by atoms with van der Waals surface area (Å²) in [6.45, 7) is 1.01. The lowest BCUT2D eigenvalue weighted by molar-refractivity contribution is -0.122. The van der Waals surface area contributed by atoms with Crippen molar-refractivity contribution < 1.29 is 19.1 Å². The molecule has 2 amide bonds. The molecule has 24 heavy (non-hydrogen) atoms. The van der Waals surface area contributed by atoms with Crippen LogP contribution in [-0.2, 0) is 9.59 Å². The summed E-state index contributed by atoms with van der Waals surface area (Å²) >= 11 is 0. The zero-order valence-electron chi connectivity index (χ0n) is 12.9. The highest BCUT2D eigenvalue weighted by Crippen LogP contribution is 2.35. The van der Waals surface area contributed by atoms with Crippen LogP contribution in [-0.4, -0.2) is 25.0 Å². The van der Waals surface area contributed by atoms with Gasteiger partial charge in [0.15, 0.2) is 11.5 Å². The van der Waals surface area contributed by atoms with Gasteiger partial charge in [-0.25, -0.2) is 0 Å². The first-order chi connectivity index (χ1) is 11.7. The summed E-state index contributed by atoms with van der Waals surface area (Å²) in [5.74, 6) is 0.460. The van der Waals surface area contributed by atoms with E-state index >= 15 is 0 Å². The van der Waals surface area contributed by atoms with E-state index < -0.39 is 5.92 Å². The predicted molar refractivity (Wildman–Crippen MR) is 88.5 cm³/mol. The number of hydrogen-bond donors (Lipinski definition) is 2. The summed E-state index contributed by atoms with van der Waals surface area (Å²) in [6.07, 6.45) is 0.0945. The number of fused-ring (bicyclic) bond motifs is 2. The molecular formula is C18H16N2O4. The molecule has 0 saturated carbocycles. The van der Waals surface area contributed by atoms with Gasteiger partial charge < -0.3 is 20.1 Å². The Bertz CT molecular complexity index is 818. The average Bonchev–Trinajstić information content (AvgIpc) is 2.90. The first-order valence-corrected chi connectivity index (χ1v) is 7.80. The second-order valence-corrected chi connectivity index (χ2v) is 5.74. The number of amides is 2. The van der Waals surface area contributed by atoms with Gasteiger partial charge in [-0.15, -0.1) is 0 Å². The molecule has 0 fully saturated rings. The molecule has 6 nitrogen and oxygen atoms in total. The first kappa shape index (κ1) is 14.6. The lowest BCUT2D eigenvalue weighted by atomic mass is 9.97. The van der Waals surface area contributed by atoms with Crippen LogP contribution in [0.1, 0.15) is 17.9 Å². The van der Waals surface area contributed by atoms with Gasteiger partial charge in [-0.1, -0.05) is 18.2 Å². The second kappa shape index (κ2) is 5.88. The molecule has 2 aliphatic heterocycles. The smallest absolute Gasteiger partial charge is 0.232 e. The maximum Gasteiger partial charge on any atom is 0.232 e. The topological polar surface area (TPSA) is 76.7 Å². The quantitative estimate of drug-likeness (QED) is 0.909. The highest BCUT2D eigenvalue weighted by Gasteiger charge is 2.31. The van der Waals surface area contributed by atoms with Gasteiger partial charge in [-0.2, -0.15) is 0 Å². The molecule has 122 valence electrons. The van der Waals surface area contributed by atoms with Crippen molar-refractivity contribution in [3.63, 3.8) is 0 Å². The zero-order chi connectivity index (χ0) is 16.5. The van der Waals surface area contributed by atoms with Crippen molar-refractivity contribution in [1.29, 1.82) is 0 Å². The third-order valence-corrected chi connectivity index (χ3v) is 4.13. The largest absolute Gasteiger partial charge is 0.486 e. The minimum atomic E-state index is -0.460. The Balaban J connectivity index is 1.47. The number of carbonyl (C=O) groups is 2. The van der Waals surface area contributed by atoms with E-state index in [4.69, 9.17) is 9.47 Å². The van der Waals surface area contributed by atoms with Crippen LogP contribution in [0.25, 0.3) is 0 Å². The summed E-state index contributed by atoms with van der Waals surface area (Å²) in [5, 5.41) is 5.62. The molecule has 6 heteroatoms. The third-order valence-electron chi connectivity index (χ3n) is 4.13. The van der Waals surface area contributed by atoms with Crippen LogP contribution < -0.4 is 20.1 Å². The summed E-state index contributed by atoms with van der Waals surface area (Å²) in [7, 11) is 0. The molecule has 0 radical (unpaired) electrons. The number of rotatable bonds is 3. The minimum absolute atomic E-state index is 0.0945. The van der Waals surface area contributed by atoms with Crippen molar-refractivity contribution in [2.45, 2.75) is 12.3 Å². The van der Waals surface area contributed by atoms with Crippen LogP contribution in [0.5, 0.6) is 11.5 Å². The van der Waals surface area contributed by atoms with Gasteiger partial charge in [-0.05, 0) is 23.8 Å². The van der Waals surface area contributed by atoms with Gasteiger partial charge in [0.25, 0.3) is 0 Å². The molecule has 1 unspecified atom stereocenters. The summed E-state index contributed by atoms with van der Waals surface area (Å²) in [4.78, 5) is 24.4. The van der Waals surface area contributed by atoms with Crippen LogP contribution in [0, 0.1) is 0 Å². The lowest BCUT2D eigenvalue weighted by Crippen LogP contribution is -2.20. The van der Waals surface area contributed by atoms with E-state index in [1.165, 1.54) is 0 Å². The van der Waals surface area contributed by atoms with Crippen LogP contribution in [0.4, 0.5) is 11.4 Å². The van der Waals surface area contributed by atoms with E-state index in [-0.39, 0.29) is 18.2 Å². The molecule has 0 saturated heterocycles. The Morgan fingerprint density at radius 2 is 1.92 bits per heavy atom. The summed E-state index contributed by atoms with van der Waals surface area (Å²) < 4.78 is 11.0. The fourth-order valence-corrected chi connectivity index (χ4v) is 3.00. The minimum Gasteiger partial charge on any atom is -0.486 e. The number of ether oxygens (including phenoxy) is 2. The predicted octanol–water partition coefficient (Wildman–Crippen LogP) is 2.52. The van der Waals surface area contributed by atoms with Crippen molar-refractivity contribution in [3.8, 4) is 11.5 Å². The second-order valence-electron chi connectivity index (χ2n) is 5.74. The Kier molecular flexibility index (Phi) is 3.57. The normalized spacial score (nSPS) is 17.8. The Hall–Kier alpha value is -3.02. The lowest BCUT2D eigenvalue weighted by Gasteiger charge is -2.19.